The maximum absolute atomic E-state index is 13.0. The van der Waals surface area contributed by atoms with Gasteiger partial charge in [0.25, 0.3) is 0 Å². The zero-order chi connectivity index (χ0) is 18.8. The molecule has 0 unspecified atom stereocenters. The molecule has 6 nitrogen and oxygen atoms in total. The lowest BCUT2D eigenvalue weighted by molar-refractivity contribution is -0.192. The minimum atomic E-state index is -1.12. The number of benzene rings is 1. The highest BCUT2D eigenvalue weighted by Gasteiger charge is 2.69. The molecule has 3 fully saturated rings. The fourth-order valence-electron chi connectivity index (χ4n) is 4.93. The van der Waals surface area contributed by atoms with Crippen molar-refractivity contribution in [3.63, 3.8) is 0 Å². The number of fused-ring (bicyclic) bond motifs is 3. The molecule has 1 aromatic carbocycles. The van der Waals surface area contributed by atoms with Gasteiger partial charge in [0, 0.05) is 13.6 Å². The first-order chi connectivity index (χ1) is 12.3. The first-order valence-corrected chi connectivity index (χ1v) is 9.12. The van der Waals surface area contributed by atoms with Gasteiger partial charge in [0.2, 0.25) is 11.8 Å². The van der Waals surface area contributed by atoms with Gasteiger partial charge in [-0.15, -0.1) is 0 Å². The van der Waals surface area contributed by atoms with Crippen molar-refractivity contribution in [2.75, 3.05) is 13.6 Å². The Hall–Kier alpha value is -2.21. The summed E-state index contributed by atoms with van der Waals surface area (Å²) < 4.78 is 5.90. The molecule has 2 amide bonds. The van der Waals surface area contributed by atoms with Crippen LogP contribution in [-0.4, -0.2) is 52.8 Å². The number of nitrogens with zero attached hydrogens (tertiary/aromatic N) is 2. The fourth-order valence-corrected chi connectivity index (χ4v) is 4.93. The topological polar surface area (TPSA) is 66.9 Å². The Bertz CT molecular complexity index is 777. The number of ether oxygens (including phenoxy) is 1. The van der Waals surface area contributed by atoms with Gasteiger partial charge < -0.3 is 4.74 Å². The van der Waals surface area contributed by atoms with Crippen LogP contribution in [0.15, 0.2) is 30.3 Å². The molecule has 0 bridgehead atoms. The van der Waals surface area contributed by atoms with Gasteiger partial charge in [-0.2, -0.15) is 0 Å². The molecular formula is C20H24N2O4. The molecule has 26 heavy (non-hydrogen) atoms. The predicted octanol–water partition coefficient (Wildman–Crippen LogP) is 1.61. The molecule has 3 saturated heterocycles. The van der Waals surface area contributed by atoms with E-state index in [0.717, 1.165) is 10.5 Å². The minimum absolute atomic E-state index is 0.114. The lowest BCUT2D eigenvalue weighted by Crippen LogP contribution is -2.63. The van der Waals surface area contributed by atoms with Crippen LogP contribution in [0.4, 0.5) is 0 Å². The molecule has 6 heteroatoms. The van der Waals surface area contributed by atoms with Gasteiger partial charge >= 0.3 is 5.97 Å². The lowest BCUT2D eigenvalue weighted by atomic mass is 9.79. The Kier molecular flexibility index (Phi) is 3.74. The lowest BCUT2D eigenvalue weighted by Gasteiger charge is -2.49. The van der Waals surface area contributed by atoms with Gasteiger partial charge in [-0.3, -0.25) is 24.2 Å². The summed E-state index contributed by atoms with van der Waals surface area (Å²) in [4.78, 5) is 41.6. The number of likely N-dealkylation sites (tertiary alicyclic amines) is 1. The van der Waals surface area contributed by atoms with Crippen molar-refractivity contribution in [3.8, 4) is 0 Å². The van der Waals surface area contributed by atoms with Crippen molar-refractivity contribution >= 4 is 17.8 Å². The molecule has 0 spiro atoms. The van der Waals surface area contributed by atoms with Crippen LogP contribution < -0.4 is 0 Å². The third kappa shape index (κ3) is 2.05. The second kappa shape index (κ2) is 5.64. The first-order valence-electron chi connectivity index (χ1n) is 9.12. The highest BCUT2D eigenvalue weighted by atomic mass is 16.6. The number of carbonyl (C=O) groups excluding carboxylic acids is 3. The van der Waals surface area contributed by atoms with Crippen LogP contribution in [0, 0.1) is 17.8 Å². The monoisotopic (exact) mass is 356 g/mol. The van der Waals surface area contributed by atoms with Crippen LogP contribution in [0.25, 0.3) is 0 Å². The van der Waals surface area contributed by atoms with Gasteiger partial charge in [0.05, 0.1) is 17.9 Å². The number of hydrogen-bond acceptors (Lipinski definition) is 5. The van der Waals surface area contributed by atoms with E-state index in [9.17, 15) is 14.4 Å². The van der Waals surface area contributed by atoms with Gasteiger partial charge in [0.1, 0.15) is 11.6 Å². The number of esters is 1. The SMILES string of the molecule is CC(C)[C@@H]1OC(=O)[C@@]2(C)[C@H]3C(=O)N(C)C(=O)[C@H]3CN2[C@@H]1c1ccccc1. The average molecular weight is 356 g/mol. The molecular weight excluding hydrogens is 332 g/mol. The Morgan fingerprint density at radius 1 is 1.12 bits per heavy atom. The molecule has 5 atom stereocenters. The minimum Gasteiger partial charge on any atom is -0.459 e. The molecule has 0 saturated carbocycles. The predicted molar refractivity (Wildman–Crippen MR) is 93.8 cm³/mol. The van der Waals surface area contributed by atoms with Crippen LogP contribution in [0.5, 0.6) is 0 Å². The van der Waals surface area contributed by atoms with Crippen molar-refractivity contribution in [1.29, 1.82) is 0 Å². The molecule has 4 rings (SSSR count). The van der Waals surface area contributed by atoms with Gasteiger partial charge in [0.15, 0.2) is 0 Å². The van der Waals surface area contributed by atoms with Gasteiger partial charge in [-0.05, 0) is 18.4 Å². The summed E-state index contributed by atoms with van der Waals surface area (Å²) in [6.45, 7) is 6.21. The largest absolute Gasteiger partial charge is 0.459 e. The zero-order valence-corrected chi connectivity index (χ0v) is 15.5. The van der Waals surface area contributed by atoms with E-state index in [4.69, 9.17) is 4.74 Å². The van der Waals surface area contributed by atoms with Crippen LogP contribution in [0.1, 0.15) is 32.4 Å². The van der Waals surface area contributed by atoms with Crippen LogP contribution in [0.2, 0.25) is 0 Å². The van der Waals surface area contributed by atoms with Crippen molar-refractivity contribution in [2.24, 2.45) is 17.8 Å². The van der Waals surface area contributed by atoms with Crippen LogP contribution in [-0.2, 0) is 19.1 Å². The quantitative estimate of drug-likeness (QED) is 0.595. The number of rotatable bonds is 2. The highest BCUT2D eigenvalue weighted by Crippen LogP contribution is 2.53. The maximum atomic E-state index is 13.0. The van der Waals surface area contributed by atoms with Crippen molar-refractivity contribution < 1.29 is 19.1 Å². The third-order valence-electron chi connectivity index (χ3n) is 6.34. The molecule has 1 aromatic rings. The van der Waals surface area contributed by atoms with E-state index in [1.54, 1.807) is 6.92 Å². The van der Waals surface area contributed by atoms with E-state index in [1.807, 2.05) is 44.2 Å². The molecule has 0 aromatic heterocycles. The third-order valence-corrected chi connectivity index (χ3v) is 6.34. The summed E-state index contributed by atoms with van der Waals surface area (Å²) in [6, 6.07) is 9.73. The van der Waals surface area contributed by atoms with Crippen LogP contribution >= 0.6 is 0 Å². The van der Waals surface area contributed by atoms with E-state index >= 15 is 0 Å². The Morgan fingerprint density at radius 2 is 1.77 bits per heavy atom. The summed E-state index contributed by atoms with van der Waals surface area (Å²) in [5.74, 6) is -1.92. The second-order valence-corrected chi connectivity index (χ2v) is 8.09. The molecule has 0 N–H and O–H groups in total. The van der Waals surface area contributed by atoms with Crippen LogP contribution in [0.3, 0.4) is 0 Å². The summed E-state index contributed by atoms with van der Waals surface area (Å²) in [6.07, 6.45) is -0.320. The number of morpholine rings is 1. The Morgan fingerprint density at radius 3 is 2.38 bits per heavy atom. The van der Waals surface area contributed by atoms with Gasteiger partial charge in [-0.25, -0.2) is 0 Å². The number of hydrogen-bond donors (Lipinski definition) is 0. The van der Waals surface area contributed by atoms with E-state index in [1.165, 1.54) is 7.05 Å². The number of carbonyl (C=O) groups is 3. The molecule has 3 aliphatic rings. The van der Waals surface area contributed by atoms with E-state index in [-0.39, 0.29) is 29.9 Å². The van der Waals surface area contributed by atoms with Crippen molar-refractivity contribution in [2.45, 2.75) is 38.5 Å². The molecule has 3 heterocycles. The molecule has 0 aliphatic carbocycles. The Balaban J connectivity index is 1.84. The Labute approximate surface area is 153 Å². The number of cyclic esters (lactones) is 1. The molecule has 0 radical (unpaired) electrons. The van der Waals surface area contributed by atoms with Crippen molar-refractivity contribution in [3.05, 3.63) is 35.9 Å². The summed E-state index contributed by atoms with van der Waals surface area (Å²) in [5.41, 5.74) is -0.0770. The molecule has 3 aliphatic heterocycles. The number of imide groups is 1. The van der Waals surface area contributed by atoms with E-state index in [2.05, 4.69) is 4.90 Å². The van der Waals surface area contributed by atoms with E-state index < -0.39 is 23.3 Å². The summed E-state index contributed by atoms with van der Waals surface area (Å²) in [5, 5.41) is 0. The smallest absolute Gasteiger partial charge is 0.327 e. The summed E-state index contributed by atoms with van der Waals surface area (Å²) >= 11 is 0. The van der Waals surface area contributed by atoms with E-state index in [0.29, 0.717) is 6.54 Å². The van der Waals surface area contributed by atoms with Gasteiger partial charge in [-0.1, -0.05) is 44.2 Å². The van der Waals surface area contributed by atoms with Crippen molar-refractivity contribution in [1.82, 2.24) is 9.80 Å². The fraction of sp³-hybridized carbons (Fsp3) is 0.550. The summed E-state index contributed by atoms with van der Waals surface area (Å²) in [7, 11) is 1.50. The first kappa shape index (κ1) is 17.2. The highest BCUT2D eigenvalue weighted by molar-refractivity contribution is 6.09. The zero-order valence-electron chi connectivity index (χ0n) is 15.5. The molecule has 138 valence electrons. The standard InChI is InChI=1S/C20H24N2O4/c1-11(2)16-15(12-8-6-5-7-9-12)22-10-13-14(18(24)21(4)17(13)23)20(22,3)19(25)26-16/h5-9,11,13-16H,10H2,1-4H3/t13-,14+,15+,16-,20+/m0/s1. The maximum Gasteiger partial charge on any atom is 0.327 e. The normalized spacial score (nSPS) is 37.1. The average Bonchev–Trinajstić information content (AvgIpc) is 3.05. The second-order valence-electron chi connectivity index (χ2n) is 8.09. The number of amides is 2.